The number of nitrogens with one attached hydrogen (secondary N) is 1. The molecule has 2 fully saturated rings. The maximum absolute atomic E-state index is 13.5. The average Bonchev–Trinajstić information content (AvgIpc) is 3.18. The summed E-state index contributed by atoms with van der Waals surface area (Å²) in [5.41, 5.74) is 0.763. The van der Waals surface area contributed by atoms with E-state index in [9.17, 15) is 4.79 Å². The maximum Gasteiger partial charge on any atom is 0.254 e. The van der Waals surface area contributed by atoms with Crippen molar-refractivity contribution in [1.29, 1.82) is 0 Å². The molecule has 1 aromatic rings. The monoisotopic (exact) mass is 416 g/mol. The van der Waals surface area contributed by atoms with E-state index in [4.69, 9.17) is 9.47 Å². The number of unbranched alkanes of at least 4 members (excludes halogenated alkanes) is 1. The van der Waals surface area contributed by atoms with Gasteiger partial charge in [-0.25, -0.2) is 0 Å². The summed E-state index contributed by atoms with van der Waals surface area (Å²) in [6, 6.07) is 7.88. The predicted molar refractivity (Wildman–Crippen MR) is 121 cm³/mol. The average molecular weight is 417 g/mol. The molecule has 5 nitrogen and oxygen atoms in total. The fourth-order valence-corrected chi connectivity index (χ4v) is 5.09. The van der Waals surface area contributed by atoms with Crippen LogP contribution in [0.5, 0.6) is 5.75 Å². The van der Waals surface area contributed by atoms with Gasteiger partial charge in [0.2, 0.25) is 0 Å². The van der Waals surface area contributed by atoms with Crippen LogP contribution in [0.25, 0.3) is 0 Å². The Balaban J connectivity index is 1.69. The number of carbonyl (C=O) groups excluding carboxylic acids is 1. The Morgan fingerprint density at radius 2 is 1.83 bits per heavy atom. The Bertz CT molecular complexity index is 677. The summed E-state index contributed by atoms with van der Waals surface area (Å²) in [7, 11) is 0. The molecule has 1 unspecified atom stereocenters. The number of piperidine rings is 1. The summed E-state index contributed by atoms with van der Waals surface area (Å²) in [5.74, 6) is 0.930. The molecule has 2 aliphatic heterocycles. The van der Waals surface area contributed by atoms with Crippen LogP contribution in [0.3, 0.4) is 0 Å². The summed E-state index contributed by atoms with van der Waals surface area (Å²) >= 11 is 0. The number of ether oxygens (including phenoxy) is 2. The molecule has 3 rings (SSSR count). The van der Waals surface area contributed by atoms with Gasteiger partial charge in [0.25, 0.3) is 5.91 Å². The second-order valence-corrected chi connectivity index (χ2v) is 10.3. The third-order valence-electron chi connectivity index (χ3n) is 6.18. The van der Waals surface area contributed by atoms with Crippen LogP contribution in [-0.2, 0) is 4.74 Å². The fraction of sp³-hybridized carbons (Fsp3) is 0.720. The molecule has 0 bridgehead atoms. The summed E-state index contributed by atoms with van der Waals surface area (Å²) in [6.45, 7) is 13.4. The molecule has 0 radical (unpaired) electrons. The van der Waals surface area contributed by atoms with Crippen LogP contribution in [0.1, 0.15) is 83.5 Å². The summed E-state index contributed by atoms with van der Waals surface area (Å²) < 4.78 is 11.5. The van der Waals surface area contributed by atoms with E-state index in [0.29, 0.717) is 6.61 Å². The van der Waals surface area contributed by atoms with Gasteiger partial charge in [-0.1, -0.05) is 13.3 Å². The van der Waals surface area contributed by atoms with Crippen molar-refractivity contribution < 1.29 is 14.3 Å². The fourth-order valence-electron chi connectivity index (χ4n) is 5.09. The van der Waals surface area contributed by atoms with E-state index in [1.807, 2.05) is 24.3 Å². The van der Waals surface area contributed by atoms with Crippen molar-refractivity contribution in [3.63, 3.8) is 0 Å². The van der Waals surface area contributed by atoms with E-state index in [-0.39, 0.29) is 29.1 Å². The van der Waals surface area contributed by atoms with Gasteiger partial charge < -0.3 is 19.7 Å². The van der Waals surface area contributed by atoms with E-state index in [1.165, 1.54) is 0 Å². The van der Waals surface area contributed by atoms with E-state index >= 15 is 0 Å². The summed E-state index contributed by atoms with van der Waals surface area (Å²) in [6.07, 6.45) is 6.41. The Morgan fingerprint density at radius 3 is 2.40 bits per heavy atom. The first-order valence-corrected chi connectivity index (χ1v) is 11.6. The zero-order chi connectivity index (χ0) is 21.8. The third kappa shape index (κ3) is 6.21. The van der Waals surface area contributed by atoms with Crippen molar-refractivity contribution in [2.45, 2.75) is 96.4 Å². The quantitative estimate of drug-likeness (QED) is 0.662. The van der Waals surface area contributed by atoms with E-state index in [1.54, 1.807) is 0 Å². The topological polar surface area (TPSA) is 50.8 Å². The smallest absolute Gasteiger partial charge is 0.254 e. The number of hydrogen-bond acceptors (Lipinski definition) is 4. The highest BCUT2D eigenvalue weighted by molar-refractivity contribution is 5.94. The minimum absolute atomic E-state index is 0.0111. The summed E-state index contributed by atoms with van der Waals surface area (Å²) in [4.78, 5) is 15.6. The van der Waals surface area contributed by atoms with Gasteiger partial charge in [-0.15, -0.1) is 0 Å². The highest BCUT2D eigenvalue weighted by Gasteiger charge is 2.41. The number of rotatable bonds is 8. The Hall–Kier alpha value is -1.59. The maximum atomic E-state index is 13.5. The molecule has 0 spiro atoms. The molecule has 0 aliphatic carbocycles. The lowest BCUT2D eigenvalue weighted by atomic mass is 9.78. The molecule has 1 N–H and O–H groups in total. The van der Waals surface area contributed by atoms with Gasteiger partial charge in [0.05, 0.1) is 6.10 Å². The molecule has 1 atom stereocenters. The normalized spacial score (nSPS) is 23.3. The third-order valence-corrected chi connectivity index (χ3v) is 6.18. The number of hydrogen-bond donors (Lipinski definition) is 1. The SMILES string of the molecule is CCCCN(C(=O)c1ccc(OCC2CCCO2)cc1)C1CC(C)(C)NC(C)(C)C1. The number of benzene rings is 1. The highest BCUT2D eigenvalue weighted by Crippen LogP contribution is 2.32. The Kier molecular flexibility index (Phi) is 7.46. The van der Waals surface area contributed by atoms with Crippen molar-refractivity contribution in [3.05, 3.63) is 29.8 Å². The van der Waals surface area contributed by atoms with Gasteiger partial charge in [-0.05, 0) is 84.1 Å². The zero-order valence-electron chi connectivity index (χ0n) is 19.5. The van der Waals surface area contributed by atoms with Crippen LogP contribution in [0.15, 0.2) is 24.3 Å². The van der Waals surface area contributed by atoms with Crippen molar-refractivity contribution in [3.8, 4) is 5.75 Å². The van der Waals surface area contributed by atoms with E-state index in [0.717, 1.165) is 63.0 Å². The van der Waals surface area contributed by atoms with Gasteiger partial charge in [0.1, 0.15) is 12.4 Å². The van der Waals surface area contributed by atoms with Gasteiger partial charge in [-0.3, -0.25) is 4.79 Å². The lowest BCUT2D eigenvalue weighted by molar-refractivity contribution is 0.0441. The highest BCUT2D eigenvalue weighted by atomic mass is 16.5. The van der Waals surface area contributed by atoms with Gasteiger partial charge in [0.15, 0.2) is 0 Å². The molecule has 0 aromatic heterocycles. The predicted octanol–water partition coefficient (Wildman–Crippen LogP) is 4.80. The number of nitrogens with zero attached hydrogens (tertiary/aromatic N) is 1. The van der Waals surface area contributed by atoms with E-state index < -0.39 is 0 Å². The molecule has 168 valence electrons. The minimum atomic E-state index is 0.0111. The summed E-state index contributed by atoms with van der Waals surface area (Å²) in [5, 5.41) is 3.73. The lowest BCUT2D eigenvalue weighted by Crippen LogP contribution is -2.62. The van der Waals surface area contributed by atoms with Crippen LogP contribution < -0.4 is 10.1 Å². The van der Waals surface area contributed by atoms with Gasteiger partial charge in [-0.2, -0.15) is 0 Å². The largest absolute Gasteiger partial charge is 0.491 e. The molecule has 2 heterocycles. The first-order valence-electron chi connectivity index (χ1n) is 11.6. The lowest BCUT2D eigenvalue weighted by Gasteiger charge is -2.49. The molecule has 5 heteroatoms. The Morgan fingerprint density at radius 1 is 1.17 bits per heavy atom. The van der Waals surface area contributed by atoms with Gasteiger partial charge >= 0.3 is 0 Å². The van der Waals surface area contributed by atoms with Crippen LogP contribution in [0, 0.1) is 0 Å². The zero-order valence-corrected chi connectivity index (χ0v) is 19.5. The first kappa shape index (κ1) is 23.1. The molecular weight excluding hydrogens is 376 g/mol. The van der Waals surface area contributed by atoms with Crippen LogP contribution in [0.4, 0.5) is 0 Å². The number of carbonyl (C=O) groups is 1. The van der Waals surface area contributed by atoms with Crippen molar-refractivity contribution in [2.75, 3.05) is 19.8 Å². The Labute approximate surface area is 182 Å². The molecule has 2 aliphatic rings. The molecule has 1 amide bonds. The van der Waals surface area contributed by atoms with Crippen molar-refractivity contribution in [2.24, 2.45) is 0 Å². The van der Waals surface area contributed by atoms with Gasteiger partial charge in [0, 0.05) is 35.8 Å². The number of amides is 1. The van der Waals surface area contributed by atoms with E-state index in [2.05, 4.69) is 44.8 Å². The van der Waals surface area contributed by atoms with Crippen molar-refractivity contribution >= 4 is 5.91 Å². The molecule has 0 saturated carbocycles. The minimum Gasteiger partial charge on any atom is -0.491 e. The molecule has 2 saturated heterocycles. The standard InChI is InChI=1S/C25H40N2O3/c1-6-7-14-27(20-16-24(2,3)26-25(4,5)17-20)23(28)19-10-12-21(13-11-19)30-18-22-9-8-15-29-22/h10-13,20,22,26H,6-9,14-18H2,1-5H3. The molecular formula is C25H40N2O3. The second kappa shape index (κ2) is 9.69. The first-order chi connectivity index (χ1) is 14.2. The van der Waals surface area contributed by atoms with Crippen LogP contribution >= 0.6 is 0 Å². The molecule has 30 heavy (non-hydrogen) atoms. The second-order valence-electron chi connectivity index (χ2n) is 10.3. The van der Waals surface area contributed by atoms with Crippen LogP contribution in [0.2, 0.25) is 0 Å². The van der Waals surface area contributed by atoms with Crippen molar-refractivity contribution in [1.82, 2.24) is 10.2 Å². The molecule has 1 aromatic carbocycles. The van der Waals surface area contributed by atoms with Crippen LogP contribution in [-0.4, -0.2) is 53.8 Å².